The standard InChI is InChI=1S/C23H26N2O5S/c1-15-6-5-7-17(12-15)24-31(28,29)21-13-16(10-11-20(21)30-2)14-25-22(26)18-8-3-4-9-19(18)23(25)27/h5-7,10-13,18-19,24H,3-4,8-9,14H2,1-2H3/t18-,19-/m1/s1. The van der Waals surface area contributed by atoms with Crippen molar-refractivity contribution in [3.8, 4) is 5.75 Å². The molecule has 2 aromatic carbocycles. The van der Waals surface area contributed by atoms with Gasteiger partial charge < -0.3 is 4.74 Å². The summed E-state index contributed by atoms with van der Waals surface area (Å²) in [5, 5.41) is 0. The van der Waals surface area contributed by atoms with E-state index in [1.54, 1.807) is 30.3 Å². The Hall–Kier alpha value is -2.87. The van der Waals surface area contributed by atoms with Crippen molar-refractivity contribution in [3.63, 3.8) is 0 Å². The maximum Gasteiger partial charge on any atom is 0.265 e. The second kappa shape index (κ2) is 8.34. The molecule has 0 radical (unpaired) electrons. The fourth-order valence-electron chi connectivity index (χ4n) is 4.52. The van der Waals surface area contributed by atoms with Crippen LogP contribution in [0.25, 0.3) is 0 Å². The third-order valence-corrected chi connectivity index (χ3v) is 7.46. The maximum absolute atomic E-state index is 13.1. The van der Waals surface area contributed by atoms with Gasteiger partial charge in [0.2, 0.25) is 11.8 Å². The predicted molar refractivity (Wildman–Crippen MR) is 116 cm³/mol. The summed E-state index contributed by atoms with van der Waals surface area (Å²) in [6.45, 7) is 1.93. The fourth-order valence-corrected chi connectivity index (χ4v) is 5.79. The number of likely N-dealkylation sites (tertiary alicyclic amines) is 1. The van der Waals surface area contributed by atoms with Crippen LogP contribution in [0, 0.1) is 18.8 Å². The lowest BCUT2D eigenvalue weighted by Gasteiger charge is -2.19. The summed E-state index contributed by atoms with van der Waals surface area (Å²) in [6.07, 6.45) is 3.41. The number of imide groups is 1. The number of hydrogen-bond acceptors (Lipinski definition) is 5. The van der Waals surface area contributed by atoms with E-state index >= 15 is 0 Å². The Morgan fingerprint density at radius 1 is 1.03 bits per heavy atom. The zero-order valence-corrected chi connectivity index (χ0v) is 18.4. The summed E-state index contributed by atoms with van der Waals surface area (Å²) in [5.74, 6) is -0.561. The molecule has 0 spiro atoms. The first kappa shape index (κ1) is 21.4. The van der Waals surface area contributed by atoms with Crippen molar-refractivity contribution in [3.05, 3.63) is 53.6 Å². The van der Waals surface area contributed by atoms with Gasteiger partial charge in [-0.2, -0.15) is 0 Å². The minimum absolute atomic E-state index is 0.0366. The van der Waals surface area contributed by atoms with Crippen LogP contribution in [0.5, 0.6) is 5.75 Å². The molecule has 2 aromatic rings. The number of sulfonamides is 1. The molecule has 4 rings (SSSR count). The molecule has 1 N–H and O–H groups in total. The molecule has 0 aromatic heterocycles. The Labute approximate surface area is 182 Å². The van der Waals surface area contributed by atoms with Gasteiger partial charge in [-0.05, 0) is 55.2 Å². The van der Waals surface area contributed by atoms with Crippen LogP contribution in [0.1, 0.15) is 36.8 Å². The summed E-state index contributed by atoms with van der Waals surface area (Å²) in [7, 11) is -2.54. The third kappa shape index (κ3) is 4.17. The normalized spacial score (nSPS) is 21.2. The molecule has 31 heavy (non-hydrogen) atoms. The number of anilines is 1. The van der Waals surface area contributed by atoms with E-state index in [-0.39, 0.29) is 40.8 Å². The molecule has 2 fully saturated rings. The number of aryl methyl sites for hydroxylation is 1. The summed E-state index contributed by atoms with van der Waals surface area (Å²) >= 11 is 0. The van der Waals surface area contributed by atoms with E-state index in [0.29, 0.717) is 11.3 Å². The number of nitrogens with zero attached hydrogens (tertiary/aromatic N) is 1. The van der Waals surface area contributed by atoms with Crippen LogP contribution >= 0.6 is 0 Å². The molecule has 2 aliphatic rings. The maximum atomic E-state index is 13.1. The van der Waals surface area contributed by atoms with E-state index in [1.807, 2.05) is 13.0 Å². The highest BCUT2D eigenvalue weighted by Crippen LogP contribution is 2.39. The summed E-state index contributed by atoms with van der Waals surface area (Å²) in [4.78, 5) is 26.8. The van der Waals surface area contributed by atoms with E-state index in [9.17, 15) is 18.0 Å². The number of nitrogens with one attached hydrogen (secondary N) is 1. The molecule has 0 bridgehead atoms. The lowest BCUT2D eigenvalue weighted by atomic mass is 9.81. The van der Waals surface area contributed by atoms with E-state index in [4.69, 9.17) is 4.74 Å². The third-order valence-electron chi connectivity index (χ3n) is 6.06. The van der Waals surface area contributed by atoms with E-state index < -0.39 is 10.0 Å². The summed E-state index contributed by atoms with van der Waals surface area (Å²) in [6, 6.07) is 11.8. The Morgan fingerprint density at radius 3 is 2.32 bits per heavy atom. The molecule has 1 saturated heterocycles. The highest BCUT2D eigenvalue weighted by molar-refractivity contribution is 7.92. The van der Waals surface area contributed by atoms with Gasteiger partial charge >= 0.3 is 0 Å². The molecule has 8 heteroatoms. The Bertz CT molecular complexity index is 1100. The number of rotatable bonds is 6. The number of fused-ring (bicyclic) bond motifs is 1. The number of methoxy groups -OCH3 is 1. The number of amides is 2. The lowest BCUT2D eigenvalue weighted by molar-refractivity contribution is -0.140. The van der Waals surface area contributed by atoms with Gasteiger partial charge in [-0.3, -0.25) is 19.2 Å². The summed E-state index contributed by atoms with van der Waals surface area (Å²) < 4.78 is 34.0. The van der Waals surface area contributed by atoms with Gasteiger partial charge in [-0.25, -0.2) is 8.42 Å². The van der Waals surface area contributed by atoms with E-state index in [0.717, 1.165) is 31.2 Å². The molecule has 0 unspecified atom stereocenters. The van der Waals surface area contributed by atoms with Crippen LogP contribution in [0.4, 0.5) is 5.69 Å². The van der Waals surface area contributed by atoms with E-state index in [2.05, 4.69) is 4.72 Å². The SMILES string of the molecule is COc1ccc(CN2C(=O)[C@@H]3CCCC[C@H]3C2=O)cc1S(=O)(=O)Nc1cccc(C)c1. The van der Waals surface area contributed by atoms with Crippen LogP contribution in [-0.4, -0.2) is 32.2 Å². The highest BCUT2D eigenvalue weighted by atomic mass is 32.2. The average Bonchev–Trinajstić information content (AvgIpc) is 2.98. The fraction of sp³-hybridized carbons (Fsp3) is 0.391. The minimum Gasteiger partial charge on any atom is -0.495 e. The van der Waals surface area contributed by atoms with Gasteiger partial charge in [0, 0.05) is 5.69 Å². The first-order chi connectivity index (χ1) is 14.8. The second-order valence-electron chi connectivity index (χ2n) is 8.22. The highest BCUT2D eigenvalue weighted by Gasteiger charge is 2.47. The first-order valence-corrected chi connectivity index (χ1v) is 11.9. The number of benzene rings is 2. The molecule has 164 valence electrons. The Morgan fingerprint density at radius 2 is 1.71 bits per heavy atom. The van der Waals surface area contributed by atoms with Crippen LogP contribution in [0.3, 0.4) is 0 Å². The van der Waals surface area contributed by atoms with Crippen LogP contribution in [-0.2, 0) is 26.2 Å². The largest absolute Gasteiger partial charge is 0.495 e. The van der Waals surface area contributed by atoms with Crippen molar-refractivity contribution in [2.24, 2.45) is 11.8 Å². The van der Waals surface area contributed by atoms with Crippen molar-refractivity contribution < 1.29 is 22.7 Å². The lowest BCUT2D eigenvalue weighted by Crippen LogP contribution is -2.30. The number of carbonyl (C=O) groups excluding carboxylic acids is 2. The van der Waals surface area contributed by atoms with Crippen molar-refractivity contribution in [1.29, 1.82) is 0 Å². The molecule has 1 saturated carbocycles. The zero-order valence-electron chi connectivity index (χ0n) is 17.6. The Balaban J connectivity index is 1.62. The molecule has 1 aliphatic heterocycles. The number of carbonyl (C=O) groups is 2. The van der Waals surface area contributed by atoms with Crippen molar-refractivity contribution in [2.75, 3.05) is 11.8 Å². The Kier molecular flexibility index (Phi) is 5.75. The molecule has 1 heterocycles. The molecule has 7 nitrogen and oxygen atoms in total. The van der Waals surface area contributed by atoms with Crippen molar-refractivity contribution in [2.45, 2.75) is 44.0 Å². The van der Waals surface area contributed by atoms with Gasteiger partial charge in [0.05, 0.1) is 25.5 Å². The van der Waals surface area contributed by atoms with Crippen molar-refractivity contribution >= 4 is 27.5 Å². The molecule has 1 aliphatic carbocycles. The minimum atomic E-state index is -3.94. The van der Waals surface area contributed by atoms with Crippen LogP contribution in [0.2, 0.25) is 0 Å². The quantitative estimate of drug-likeness (QED) is 0.692. The van der Waals surface area contributed by atoms with Gasteiger partial charge in [0.1, 0.15) is 10.6 Å². The van der Waals surface area contributed by atoms with Crippen molar-refractivity contribution in [1.82, 2.24) is 4.90 Å². The second-order valence-corrected chi connectivity index (χ2v) is 9.87. The predicted octanol–water partition coefficient (Wildman–Crippen LogP) is 3.48. The number of ether oxygens (including phenoxy) is 1. The van der Waals surface area contributed by atoms with Gasteiger partial charge in [0.15, 0.2) is 0 Å². The first-order valence-electron chi connectivity index (χ1n) is 10.4. The molecule has 2 atom stereocenters. The van der Waals surface area contributed by atoms with Gasteiger partial charge in [-0.1, -0.05) is 31.0 Å². The topological polar surface area (TPSA) is 92.8 Å². The number of hydrogen-bond donors (Lipinski definition) is 1. The molecular formula is C23H26N2O5S. The van der Waals surface area contributed by atoms with E-state index in [1.165, 1.54) is 18.1 Å². The van der Waals surface area contributed by atoms with Gasteiger partial charge in [0.25, 0.3) is 10.0 Å². The monoisotopic (exact) mass is 442 g/mol. The molecule has 2 amide bonds. The van der Waals surface area contributed by atoms with Crippen LogP contribution < -0.4 is 9.46 Å². The van der Waals surface area contributed by atoms with Crippen LogP contribution in [0.15, 0.2) is 47.4 Å². The smallest absolute Gasteiger partial charge is 0.265 e. The molecular weight excluding hydrogens is 416 g/mol. The zero-order chi connectivity index (χ0) is 22.2. The summed E-state index contributed by atoms with van der Waals surface area (Å²) in [5.41, 5.74) is 1.93. The van der Waals surface area contributed by atoms with Gasteiger partial charge in [-0.15, -0.1) is 0 Å². The average molecular weight is 443 g/mol.